The van der Waals surface area contributed by atoms with Crippen LogP contribution in [0.1, 0.15) is 26.7 Å². The number of nitrogens with zero attached hydrogens (tertiary/aromatic N) is 1. The van der Waals surface area contributed by atoms with Crippen molar-refractivity contribution in [3.8, 4) is 0 Å². The van der Waals surface area contributed by atoms with Crippen LogP contribution in [-0.2, 0) is 0 Å². The molecule has 1 aliphatic carbocycles. The molecule has 1 nitrogen and oxygen atoms in total. The lowest BCUT2D eigenvalue weighted by Gasteiger charge is -2.22. The normalized spacial score (nSPS) is 18.4. The van der Waals surface area contributed by atoms with Crippen molar-refractivity contribution in [2.45, 2.75) is 26.7 Å². The van der Waals surface area contributed by atoms with Crippen LogP contribution in [0.3, 0.4) is 0 Å². The Morgan fingerprint density at radius 3 is 2.27 bits per heavy atom. The van der Waals surface area contributed by atoms with Crippen LogP contribution in [0.4, 0.5) is 0 Å². The lowest BCUT2D eigenvalue weighted by Crippen LogP contribution is -2.13. The zero-order chi connectivity index (χ0) is 8.43. The summed E-state index contributed by atoms with van der Waals surface area (Å²) in [6.45, 7) is 4.42. The highest BCUT2D eigenvalue weighted by atomic mass is 15.1. The molecule has 0 atom stereocenters. The number of rotatable bonds is 1. The van der Waals surface area contributed by atoms with E-state index in [0.29, 0.717) is 0 Å². The molecule has 62 valence electrons. The van der Waals surface area contributed by atoms with Crippen molar-refractivity contribution in [3.05, 3.63) is 22.9 Å². The van der Waals surface area contributed by atoms with Gasteiger partial charge in [-0.25, -0.2) is 0 Å². The molecule has 1 heteroatoms. The van der Waals surface area contributed by atoms with Crippen LogP contribution in [0, 0.1) is 0 Å². The molecular weight excluding hydrogens is 134 g/mol. The molecule has 0 aromatic heterocycles. The van der Waals surface area contributed by atoms with Gasteiger partial charge in [0.25, 0.3) is 0 Å². The van der Waals surface area contributed by atoms with E-state index in [9.17, 15) is 0 Å². The first-order chi connectivity index (χ1) is 5.11. The Morgan fingerprint density at radius 2 is 1.82 bits per heavy atom. The molecule has 0 heterocycles. The van der Waals surface area contributed by atoms with Crippen LogP contribution in [0.2, 0.25) is 0 Å². The highest BCUT2D eigenvalue weighted by Gasteiger charge is 2.08. The second kappa shape index (κ2) is 3.12. The molecule has 0 saturated carbocycles. The van der Waals surface area contributed by atoms with E-state index >= 15 is 0 Å². The van der Waals surface area contributed by atoms with Gasteiger partial charge in [0.05, 0.1) is 0 Å². The van der Waals surface area contributed by atoms with Crippen LogP contribution in [0.15, 0.2) is 22.9 Å². The van der Waals surface area contributed by atoms with E-state index in [2.05, 4.69) is 38.9 Å². The second-order valence-corrected chi connectivity index (χ2v) is 3.55. The van der Waals surface area contributed by atoms with Crippen molar-refractivity contribution in [1.29, 1.82) is 0 Å². The maximum Gasteiger partial charge on any atom is 0.0349 e. The average molecular weight is 151 g/mol. The Kier molecular flexibility index (Phi) is 2.38. The molecule has 0 radical (unpaired) electrons. The highest BCUT2D eigenvalue weighted by Crippen LogP contribution is 2.23. The number of hydrogen-bond acceptors (Lipinski definition) is 1. The largest absolute Gasteiger partial charge is 0.378 e. The fourth-order valence-corrected chi connectivity index (χ4v) is 1.45. The Labute approximate surface area is 69.4 Å². The Morgan fingerprint density at radius 1 is 1.18 bits per heavy atom. The lowest BCUT2D eigenvalue weighted by atomic mass is 9.98. The van der Waals surface area contributed by atoms with Gasteiger partial charge in [-0.05, 0) is 38.3 Å². The van der Waals surface area contributed by atoms with Gasteiger partial charge >= 0.3 is 0 Å². The Hall–Kier alpha value is -0.720. The molecule has 0 N–H and O–H groups in total. The quantitative estimate of drug-likeness (QED) is 0.556. The molecule has 0 aromatic carbocycles. The second-order valence-electron chi connectivity index (χ2n) is 3.55. The van der Waals surface area contributed by atoms with E-state index in [-0.39, 0.29) is 0 Å². The molecule has 0 fully saturated rings. The van der Waals surface area contributed by atoms with Crippen molar-refractivity contribution in [1.82, 2.24) is 4.90 Å². The van der Waals surface area contributed by atoms with E-state index in [1.54, 1.807) is 0 Å². The maximum absolute atomic E-state index is 2.29. The first-order valence-corrected chi connectivity index (χ1v) is 4.15. The molecule has 1 rings (SSSR count). The topological polar surface area (TPSA) is 3.24 Å². The molecule has 0 bridgehead atoms. The summed E-state index contributed by atoms with van der Waals surface area (Å²) in [5, 5.41) is 0. The monoisotopic (exact) mass is 151 g/mol. The summed E-state index contributed by atoms with van der Waals surface area (Å²) in [7, 11) is 4.21. The van der Waals surface area contributed by atoms with Crippen molar-refractivity contribution in [3.63, 3.8) is 0 Å². The zero-order valence-electron chi connectivity index (χ0n) is 7.94. The predicted molar refractivity (Wildman–Crippen MR) is 49.4 cm³/mol. The van der Waals surface area contributed by atoms with Crippen molar-refractivity contribution >= 4 is 0 Å². The average Bonchev–Trinajstić information content (AvgIpc) is 1.94. The summed E-state index contributed by atoms with van der Waals surface area (Å²) in [5.74, 6) is 0. The van der Waals surface area contributed by atoms with Gasteiger partial charge in [-0.1, -0.05) is 5.57 Å². The first kappa shape index (κ1) is 8.38. The lowest BCUT2D eigenvalue weighted by molar-refractivity contribution is 0.514. The molecule has 1 aliphatic rings. The van der Waals surface area contributed by atoms with Crippen molar-refractivity contribution < 1.29 is 0 Å². The molecule has 0 saturated heterocycles. The van der Waals surface area contributed by atoms with Crippen LogP contribution >= 0.6 is 0 Å². The molecular formula is C10H17N. The minimum atomic E-state index is 1.23. The van der Waals surface area contributed by atoms with E-state index in [1.165, 1.54) is 29.7 Å². The summed E-state index contributed by atoms with van der Waals surface area (Å²) in [4.78, 5) is 2.19. The summed E-state index contributed by atoms with van der Waals surface area (Å²) in [5.41, 5.74) is 4.41. The Bertz CT molecular complexity index is 209. The summed E-state index contributed by atoms with van der Waals surface area (Å²) < 4.78 is 0. The van der Waals surface area contributed by atoms with Crippen LogP contribution in [0.5, 0.6) is 0 Å². The minimum Gasteiger partial charge on any atom is -0.378 e. The van der Waals surface area contributed by atoms with Crippen LogP contribution in [-0.4, -0.2) is 19.0 Å². The predicted octanol–water partition coefficient (Wildman–Crippen LogP) is 2.56. The number of allylic oxidation sites excluding steroid dienone is 3. The SMILES string of the molecule is CC1=CC(N(C)C)=C(C)CC1. The van der Waals surface area contributed by atoms with Crippen molar-refractivity contribution in [2.75, 3.05) is 14.1 Å². The molecule has 0 unspecified atom stereocenters. The van der Waals surface area contributed by atoms with Crippen molar-refractivity contribution in [2.24, 2.45) is 0 Å². The van der Waals surface area contributed by atoms with E-state index in [1.807, 2.05) is 0 Å². The molecule has 0 spiro atoms. The number of hydrogen-bond donors (Lipinski definition) is 0. The van der Waals surface area contributed by atoms with Gasteiger partial charge in [0.1, 0.15) is 0 Å². The zero-order valence-corrected chi connectivity index (χ0v) is 7.94. The fourth-order valence-electron chi connectivity index (χ4n) is 1.45. The van der Waals surface area contributed by atoms with Gasteiger partial charge in [-0.3, -0.25) is 0 Å². The fraction of sp³-hybridized carbons (Fsp3) is 0.600. The van der Waals surface area contributed by atoms with Gasteiger partial charge in [0.15, 0.2) is 0 Å². The Balaban J connectivity index is 2.89. The number of likely N-dealkylation sites (N-methyl/N-ethyl adjacent to an activating group) is 1. The minimum absolute atomic E-state index is 1.23. The standard InChI is InChI=1S/C10H17N/c1-8-5-6-9(2)10(7-8)11(3)4/h7H,5-6H2,1-4H3. The first-order valence-electron chi connectivity index (χ1n) is 4.15. The third-order valence-electron chi connectivity index (χ3n) is 2.20. The van der Waals surface area contributed by atoms with Crippen LogP contribution in [0.25, 0.3) is 0 Å². The van der Waals surface area contributed by atoms with E-state index < -0.39 is 0 Å². The molecule has 0 aliphatic heterocycles. The van der Waals surface area contributed by atoms with E-state index in [0.717, 1.165) is 0 Å². The highest BCUT2D eigenvalue weighted by molar-refractivity contribution is 5.30. The molecule has 0 aromatic rings. The third-order valence-corrected chi connectivity index (χ3v) is 2.20. The van der Waals surface area contributed by atoms with Gasteiger partial charge < -0.3 is 4.90 Å². The molecule has 0 amide bonds. The van der Waals surface area contributed by atoms with Gasteiger partial charge in [-0.2, -0.15) is 0 Å². The summed E-state index contributed by atoms with van der Waals surface area (Å²) in [6, 6.07) is 0. The van der Waals surface area contributed by atoms with Gasteiger partial charge in [-0.15, -0.1) is 0 Å². The third kappa shape index (κ3) is 1.86. The van der Waals surface area contributed by atoms with E-state index in [4.69, 9.17) is 0 Å². The van der Waals surface area contributed by atoms with Gasteiger partial charge in [0.2, 0.25) is 0 Å². The smallest absolute Gasteiger partial charge is 0.0349 e. The summed E-state index contributed by atoms with van der Waals surface area (Å²) >= 11 is 0. The molecule has 11 heavy (non-hydrogen) atoms. The summed E-state index contributed by atoms with van der Waals surface area (Å²) in [6.07, 6.45) is 4.76. The maximum atomic E-state index is 2.29. The van der Waals surface area contributed by atoms with Crippen LogP contribution < -0.4 is 0 Å². The van der Waals surface area contributed by atoms with Gasteiger partial charge in [0, 0.05) is 19.8 Å².